The lowest BCUT2D eigenvalue weighted by Crippen LogP contribution is -2.44. The number of pyridine rings is 1. The van der Waals surface area contributed by atoms with Crippen molar-refractivity contribution < 1.29 is 31.5 Å². The topological polar surface area (TPSA) is 100 Å². The van der Waals surface area contributed by atoms with Crippen LogP contribution in [0.5, 0.6) is 0 Å². The van der Waals surface area contributed by atoms with Gasteiger partial charge in [-0.2, -0.15) is 13.2 Å². The Morgan fingerprint density at radius 1 is 1.35 bits per heavy atom. The lowest BCUT2D eigenvalue weighted by molar-refractivity contribution is -0.150. The first kappa shape index (κ1) is 23.2. The van der Waals surface area contributed by atoms with E-state index in [1.807, 2.05) is 5.32 Å². The minimum absolute atomic E-state index is 0.109. The van der Waals surface area contributed by atoms with Crippen LogP contribution >= 0.6 is 0 Å². The van der Waals surface area contributed by atoms with E-state index in [0.29, 0.717) is 5.56 Å². The van der Waals surface area contributed by atoms with Gasteiger partial charge < -0.3 is 21.3 Å². The summed E-state index contributed by atoms with van der Waals surface area (Å²) in [6.45, 7) is 1.03. The number of nitrogens with zero attached hydrogens (tertiary/aromatic N) is 2. The van der Waals surface area contributed by atoms with Crippen LogP contribution < -0.4 is 16.4 Å². The highest BCUT2D eigenvalue weighted by atomic mass is 19.4. The van der Waals surface area contributed by atoms with E-state index in [1.165, 1.54) is 18.3 Å². The summed E-state index contributed by atoms with van der Waals surface area (Å²) in [7, 11) is 0. The van der Waals surface area contributed by atoms with Crippen molar-refractivity contribution in [2.24, 2.45) is 11.7 Å². The molecule has 2 fully saturated rings. The van der Waals surface area contributed by atoms with Gasteiger partial charge in [-0.05, 0) is 43.4 Å². The van der Waals surface area contributed by atoms with Crippen LogP contribution in [0.1, 0.15) is 44.2 Å². The summed E-state index contributed by atoms with van der Waals surface area (Å²) in [6.07, 6.45) is -3.57. The van der Waals surface area contributed by atoms with Gasteiger partial charge in [0.05, 0.1) is 18.6 Å². The number of hydrogen-bond acceptors (Lipinski definition) is 4. The van der Waals surface area contributed by atoms with Gasteiger partial charge in [0.25, 0.3) is 0 Å². The fourth-order valence-electron chi connectivity index (χ4n) is 3.88. The number of amides is 3. The number of rotatable bonds is 5. The van der Waals surface area contributed by atoms with Crippen LogP contribution in [-0.2, 0) is 4.79 Å². The first-order chi connectivity index (χ1) is 14.4. The number of nitrogens with two attached hydrogens (primary N) is 1. The molecule has 12 heteroatoms. The molecule has 1 aliphatic carbocycles. The monoisotopic (exact) mass is 449 g/mol. The lowest BCUT2D eigenvalue weighted by atomic mass is 9.82. The Labute approximate surface area is 175 Å². The first-order valence-corrected chi connectivity index (χ1v) is 9.91. The molecule has 1 unspecified atom stereocenters. The number of urea groups is 1. The van der Waals surface area contributed by atoms with Crippen LogP contribution in [0.2, 0.25) is 0 Å². The molecule has 0 spiro atoms. The molecule has 0 radical (unpaired) electrons. The van der Waals surface area contributed by atoms with Crippen LogP contribution in [-0.4, -0.2) is 52.5 Å². The van der Waals surface area contributed by atoms with E-state index in [2.05, 4.69) is 10.3 Å². The number of aromatic nitrogens is 1. The summed E-state index contributed by atoms with van der Waals surface area (Å²) in [6, 6.07) is -1.52. The third-order valence-corrected chi connectivity index (χ3v) is 5.89. The number of carbonyl (C=O) groups is 2. The Morgan fingerprint density at radius 2 is 2.00 bits per heavy atom. The van der Waals surface area contributed by atoms with Gasteiger partial charge in [0.15, 0.2) is 0 Å². The van der Waals surface area contributed by atoms with Crippen LogP contribution in [0.15, 0.2) is 18.3 Å². The average molecular weight is 449 g/mol. The van der Waals surface area contributed by atoms with Crippen molar-refractivity contribution in [3.8, 4) is 0 Å². The van der Waals surface area contributed by atoms with Crippen molar-refractivity contribution >= 4 is 17.8 Å². The molecule has 4 N–H and O–H groups in total. The molecule has 0 bridgehead atoms. The Hall–Kier alpha value is -2.50. The van der Waals surface area contributed by atoms with E-state index < -0.39 is 48.7 Å². The van der Waals surface area contributed by atoms with Gasteiger partial charge in [-0.3, -0.25) is 4.79 Å². The minimum atomic E-state index is -4.55. The molecule has 2 aliphatic rings. The van der Waals surface area contributed by atoms with Crippen molar-refractivity contribution in [1.29, 1.82) is 0 Å². The Morgan fingerprint density at radius 3 is 2.58 bits per heavy atom. The molecule has 3 amide bonds. The molecule has 31 heavy (non-hydrogen) atoms. The van der Waals surface area contributed by atoms with Crippen LogP contribution in [0.4, 0.5) is 32.6 Å². The molecule has 1 saturated carbocycles. The normalized spacial score (nSPS) is 23.9. The molecule has 1 aliphatic heterocycles. The molecule has 0 aromatic carbocycles. The molecule has 2 heterocycles. The highest BCUT2D eigenvalue weighted by Gasteiger charge is 2.48. The predicted octanol–water partition coefficient (Wildman–Crippen LogP) is 3.19. The van der Waals surface area contributed by atoms with E-state index in [-0.39, 0.29) is 37.4 Å². The molecular formula is C19H24F5N5O2. The van der Waals surface area contributed by atoms with Crippen molar-refractivity contribution in [3.05, 3.63) is 23.9 Å². The molecule has 1 saturated heterocycles. The van der Waals surface area contributed by atoms with Crippen LogP contribution in [0.25, 0.3) is 0 Å². The standard InChI is InChI=1S/C19H24F5N5O2/c1-10(29-9-13(19(22,23)24)27-17(29)31)12-4-7-26-14(8-12)28-16(30)15(25)11-2-5-18(20,21)6-3-11/h4,7-8,10-11,13,15H,2-3,5-6,9,25H2,1H3,(H,27,31)(H,26,28,30)/t10?,13-,15-/m0/s1. The molecule has 7 nitrogen and oxygen atoms in total. The Bertz CT molecular complexity index is 824. The molecule has 3 rings (SSSR count). The second kappa shape index (κ2) is 8.56. The van der Waals surface area contributed by atoms with E-state index in [1.54, 1.807) is 6.92 Å². The smallest absolute Gasteiger partial charge is 0.324 e. The van der Waals surface area contributed by atoms with Gasteiger partial charge in [0.2, 0.25) is 11.8 Å². The second-order valence-corrected chi connectivity index (χ2v) is 8.05. The Kier molecular flexibility index (Phi) is 6.40. The summed E-state index contributed by atoms with van der Waals surface area (Å²) in [5, 5.41) is 4.43. The number of alkyl halides is 5. The minimum Gasteiger partial charge on any atom is -0.324 e. The lowest BCUT2D eigenvalue weighted by Gasteiger charge is -2.31. The number of halogens is 5. The zero-order valence-corrected chi connectivity index (χ0v) is 16.8. The number of nitrogens with one attached hydrogen (secondary N) is 2. The van der Waals surface area contributed by atoms with Crippen molar-refractivity contribution in [3.63, 3.8) is 0 Å². The molecule has 1 aromatic rings. The maximum atomic E-state index is 13.3. The maximum absolute atomic E-state index is 13.3. The summed E-state index contributed by atoms with van der Waals surface area (Å²) >= 11 is 0. The third kappa shape index (κ3) is 5.41. The van der Waals surface area contributed by atoms with Gasteiger partial charge >= 0.3 is 12.2 Å². The fourth-order valence-corrected chi connectivity index (χ4v) is 3.88. The van der Waals surface area contributed by atoms with Gasteiger partial charge in [0.1, 0.15) is 11.9 Å². The predicted molar refractivity (Wildman–Crippen MR) is 101 cm³/mol. The highest BCUT2D eigenvalue weighted by molar-refractivity contribution is 5.94. The zero-order valence-electron chi connectivity index (χ0n) is 16.8. The van der Waals surface area contributed by atoms with Crippen LogP contribution in [0, 0.1) is 5.92 Å². The summed E-state index contributed by atoms with van der Waals surface area (Å²) in [5.74, 6) is -3.58. The summed E-state index contributed by atoms with van der Waals surface area (Å²) in [5.41, 5.74) is 6.41. The summed E-state index contributed by atoms with van der Waals surface area (Å²) in [4.78, 5) is 29.5. The number of hydrogen-bond donors (Lipinski definition) is 3. The number of anilines is 1. The van der Waals surface area contributed by atoms with E-state index in [0.717, 1.165) is 4.90 Å². The quantitative estimate of drug-likeness (QED) is 0.601. The van der Waals surface area contributed by atoms with Crippen molar-refractivity contribution in [2.75, 3.05) is 11.9 Å². The highest BCUT2D eigenvalue weighted by Crippen LogP contribution is 2.37. The van der Waals surface area contributed by atoms with Crippen molar-refractivity contribution in [2.45, 2.75) is 62.8 Å². The fraction of sp³-hybridized carbons (Fsp3) is 0.632. The van der Waals surface area contributed by atoms with E-state index >= 15 is 0 Å². The summed E-state index contributed by atoms with van der Waals surface area (Å²) < 4.78 is 65.3. The molecule has 1 aromatic heterocycles. The van der Waals surface area contributed by atoms with Gasteiger partial charge in [-0.15, -0.1) is 0 Å². The van der Waals surface area contributed by atoms with Crippen molar-refractivity contribution in [1.82, 2.24) is 15.2 Å². The molecule has 172 valence electrons. The third-order valence-electron chi connectivity index (χ3n) is 5.89. The van der Waals surface area contributed by atoms with Crippen LogP contribution in [0.3, 0.4) is 0 Å². The Balaban J connectivity index is 1.63. The van der Waals surface area contributed by atoms with E-state index in [4.69, 9.17) is 5.73 Å². The number of carbonyl (C=O) groups excluding carboxylic acids is 2. The average Bonchev–Trinajstić information content (AvgIpc) is 3.09. The van der Waals surface area contributed by atoms with Gasteiger partial charge in [-0.25, -0.2) is 18.6 Å². The molecule has 3 atom stereocenters. The SMILES string of the molecule is CC(c1ccnc(NC(=O)[C@@H](N)C2CCC(F)(F)CC2)c1)N1C[C@@H](C(F)(F)F)NC1=O. The van der Waals surface area contributed by atoms with Gasteiger partial charge in [-0.1, -0.05) is 0 Å². The van der Waals surface area contributed by atoms with Gasteiger partial charge in [0, 0.05) is 19.0 Å². The first-order valence-electron chi connectivity index (χ1n) is 9.91. The molecular weight excluding hydrogens is 425 g/mol. The zero-order chi connectivity index (χ0) is 23.0. The second-order valence-electron chi connectivity index (χ2n) is 8.05. The largest absolute Gasteiger partial charge is 0.410 e. The van der Waals surface area contributed by atoms with E-state index in [9.17, 15) is 31.5 Å². The maximum Gasteiger partial charge on any atom is 0.410 e.